The summed E-state index contributed by atoms with van der Waals surface area (Å²) in [6.45, 7) is 0. The highest BCUT2D eigenvalue weighted by Gasteiger charge is 2.32. The number of rotatable bonds is 2. The summed E-state index contributed by atoms with van der Waals surface area (Å²) in [5.41, 5.74) is 0.302. The zero-order chi connectivity index (χ0) is 12.3. The minimum absolute atomic E-state index is 0.0783. The molecule has 1 aromatic rings. The molecule has 0 heterocycles. The van der Waals surface area contributed by atoms with Crippen LogP contribution in [-0.4, -0.2) is 6.36 Å². The molecule has 16 heavy (non-hydrogen) atoms. The molecule has 0 saturated carbocycles. The van der Waals surface area contributed by atoms with Crippen molar-refractivity contribution in [3.63, 3.8) is 0 Å². The molecule has 0 aromatic heterocycles. The van der Waals surface area contributed by atoms with Crippen LogP contribution >= 0.6 is 23.2 Å². The molecule has 0 aliphatic rings. The molecule has 0 amide bonds. The fraction of sp³-hybridized carbons (Fsp3) is 0.222. The zero-order valence-corrected chi connectivity index (χ0v) is 9.12. The van der Waals surface area contributed by atoms with Crippen molar-refractivity contribution in [2.45, 2.75) is 12.8 Å². The molecule has 1 aromatic carbocycles. The highest BCUT2D eigenvalue weighted by molar-refractivity contribution is 6.43. The van der Waals surface area contributed by atoms with E-state index in [4.69, 9.17) is 28.5 Å². The maximum atomic E-state index is 12.0. The first-order chi connectivity index (χ1) is 7.33. The lowest BCUT2D eigenvalue weighted by Gasteiger charge is -2.12. The highest BCUT2D eigenvalue weighted by atomic mass is 35.5. The van der Waals surface area contributed by atoms with Crippen LogP contribution in [0.1, 0.15) is 5.56 Å². The Labute approximate surface area is 99.1 Å². The van der Waals surface area contributed by atoms with E-state index in [1.807, 2.05) is 0 Å². The molecule has 0 spiro atoms. The van der Waals surface area contributed by atoms with E-state index in [-0.39, 0.29) is 16.5 Å². The van der Waals surface area contributed by atoms with Gasteiger partial charge in [-0.2, -0.15) is 5.26 Å². The van der Waals surface area contributed by atoms with E-state index in [9.17, 15) is 13.2 Å². The standard InChI is InChI=1S/C9H4Cl2F3NO/c10-6-3-5(1-2-15)4-7(8(6)11)16-9(12,13)14/h3-4H,1H2. The lowest BCUT2D eigenvalue weighted by atomic mass is 10.1. The molecule has 0 aliphatic carbocycles. The molecule has 2 nitrogen and oxygen atoms in total. The van der Waals surface area contributed by atoms with Gasteiger partial charge in [-0.25, -0.2) is 0 Å². The van der Waals surface area contributed by atoms with Crippen molar-refractivity contribution in [2.24, 2.45) is 0 Å². The summed E-state index contributed by atoms with van der Waals surface area (Å²) in [5, 5.41) is 7.99. The van der Waals surface area contributed by atoms with E-state index < -0.39 is 12.1 Å². The van der Waals surface area contributed by atoms with Gasteiger partial charge in [-0.1, -0.05) is 23.2 Å². The predicted molar refractivity (Wildman–Crippen MR) is 52.5 cm³/mol. The van der Waals surface area contributed by atoms with Crippen LogP contribution in [-0.2, 0) is 6.42 Å². The number of hydrogen-bond donors (Lipinski definition) is 0. The number of benzene rings is 1. The fourth-order valence-corrected chi connectivity index (χ4v) is 1.39. The fourth-order valence-electron chi connectivity index (χ4n) is 1.01. The Morgan fingerprint density at radius 3 is 2.44 bits per heavy atom. The Morgan fingerprint density at radius 2 is 1.94 bits per heavy atom. The second-order valence-electron chi connectivity index (χ2n) is 2.77. The monoisotopic (exact) mass is 269 g/mol. The number of ether oxygens (including phenoxy) is 1. The summed E-state index contributed by atoms with van der Waals surface area (Å²) in [6.07, 6.45) is -4.93. The molecule has 0 bridgehead atoms. The molecule has 0 saturated heterocycles. The third kappa shape index (κ3) is 3.47. The van der Waals surface area contributed by atoms with Gasteiger partial charge in [0.25, 0.3) is 0 Å². The maximum Gasteiger partial charge on any atom is 0.573 e. The molecule has 0 fully saturated rings. The van der Waals surface area contributed by atoms with Crippen molar-refractivity contribution < 1.29 is 17.9 Å². The van der Waals surface area contributed by atoms with Crippen LogP contribution in [0, 0.1) is 11.3 Å². The first kappa shape index (κ1) is 12.9. The van der Waals surface area contributed by atoms with Gasteiger partial charge in [0.05, 0.1) is 17.5 Å². The largest absolute Gasteiger partial charge is 0.573 e. The first-order valence-corrected chi connectivity index (χ1v) is 4.69. The maximum absolute atomic E-state index is 12.0. The van der Waals surface area contributed by atoms with E-state index in [1.165, 1.54) is 6.07 Å². The minimum atomic E-state index is -4.85. The third-order valence-corrected chi connectivity index (χ3v) is 2.35. The van der Waals surface area contributed by atoms with Crippen LogP contribution in [0.15, 0.2) is 12.1 Å². The predicted octanol–water partition coefficient (Wildman–Crippen LogP) is 3.96. The van der Waals surface area contributed by atoms with Crippen molar-refractivity contribution in [1.82, 2.24) is 0 Å². The molecular formula is C9H4Cl2F3NO. The second-order valence-corrected chi connectivity index (χ2v) is 3.56. The van der Waals surface area contributed by atoms with Gasteiger partial charge in [0.2, 0.25) is 0 Å². The molecule has 1 rings (SSSR count). The number of halogens is 5. The molecule has 86 valence electrons. The summed E-state index contributed by atoms with van der Waals surface area (Å²) in [4.78, 5) is 0. The first-order valence-electron chi connectivity index (χ1n) is 3.94. The summed E-state index contributed by atoms with van der Waals surface area (Å²) < 4.78 is 39.6. The molecule has 0 unspecified atom stereocenters. The smallest absolute Gasteiger partial charge is 0.404 e. The Morgan fingerprint density at radius 1 is 1.31 bits per heavy atom. The number of nitriles is 1. The summed E-state index contributed by atoms with van der Waals surface area (Å²) in [6, 6.07) is 4.13. The molecular weight excluding hydrogens is 266 g/mol. The van der Waals surface area contributed by atoms with Gasteiger partial charge in [0, 0.05) is 0 Å². The van der Waals surface area contributed by atoms with Crippen molar-refractivity contribution >= 4 is 23.2 Å². The Bertz CT molecular complexity index is 440. The van der Waals surface area contributed by atoms with Gasteiger partial charge in [-0.15, -0.1) is 13.2 Å². The molecule has 7 heteroatoms. The highest BCUT2D eigenvalue weighted by Crippen LogP contribution is 2.36. The molecule has 0 radical (unpaired) electrons. The van der Waals surface area contributed by atoms with Crippen LogP contribution < -0.4 is 4.74 Å². The Kier molecular flexibility index (Phi) is 3.89. The van der Waals surface area contributed by atoms with Gasteiger partial charge < -0.3 is 4.74 Å². The summed E-state index contributed by atoms with van der Waals surface area (Å²) in [7, 11) is 0. The normalized spacial score (nSPS) is 11.0. The van der Waals surface area contributed by atoms with Gasteiger partial charge in [0.1, 0.15) is 10.8 Å². The van der Waals surface area contributed by atoms with Crippen LogP contribution in [0.3, 0.4) is 0 Å². The second kappa shape index (κ2) is 4.81. The lowest BCUT2D eigenvalue weighted by Crippen LogP contribution is -2.17. The van der Waals surface area contributed by atoms with Crippen LogP contribution in [0.25, 0.3) is 0 Å². The molecule has 0 N–H and O–H groups in total. The Balaban J connectivity index is 3.12. The number of alkyl halides is 3. The van der Waals surface area contributed by atoms with Crippen molar-refractivity contribution in [3.8, 4) is 11.8 Å². The van der Waals surface area contributed by atoms with Gasteiger partial charge >= 0.3 is 6.36 Å². The van der Waals surface area contributed by atoms with Crippen molar-refractivity contribution in [3.05, 3.63) is 27.7 Å². The summed E-state index contributed by atoms with van der Waals surface area (Å²) in [5.74, 6) is -0.605. The Hall–Kier alpha value is -1.12. The number of hydrogen-bond acceptors (Lipinski definition) is 2. The SMILES string of the molecule is N#CCc1cc(Cl)c(Cl)c(OC(F)(F)F)c1. The summed E-state index contributed by atoms with van der Waals surface area (Å²) >= 11 is 11.1. The van der Waals surface area contributed by atoms with Crippen LogP contribution in [0.5, 0.6) is 5.75 Å². The van der Waals surface area contributed by atoms with Crippen LogP contribution in [0.4, 0.5) is 13.2 Å². The molecule has 0 atom stereocenters. The lowest BCUT2D eigenvalue weighted by molar-refractivity contribution is -0.274. The molecule has 0 aliphatic heterocycles. The van der Waals surface area contributed by atoms with Crippen molar-refractivity contribution in [1.29, 1.82) is 5.26 Å². The van der Waals surface area contributed by atoms with E-state index in [1.54, 1.807) is 6.07 Å². The third-order valence-electron chi connectivity index (χ3n) is 1.56. The zero-order valence-electron chi connectivity index (χ0n) is 7.61. The van der Waals surface area contributed by atoms with Gasteiger partial charge in [0.15, 0.2) is 0 Å². The van der Waals surface area contributed by atoms with E-state index in [0.717, 1.165) is 6.07 Å². The minimum Gasteiger partial charge on any atom is -0.404 e. The van der Waals surface area contributed by atoms with E-state index >= 15 is 0 Å². The van der Waals surface area contributed by atoms with Crippen molar-refractivity contribution in [2.75, 3.05) is 0 Å². The van der Waals surface area contributed by atoms with E-state index in [2.05, 4.69) is 4.74 Å². The van der Waals surface area contributed by atoms with Crippen LogP contribution in [0.2, 0.25) is 10.0 Å². The topological polar surface area (TPSA) is 33.0 Å². The van der Waals surface area contributed by atoms with Gasteiger partial charge in [-0.3, -0.25) is 0 Å². The average Bonchev–Trinajstić information content (AvgIpc) is 2.11. The van der Waals surface area contributed by atoms with E-state index in [0.29, 0.717) is 5.56 Å². The number of nitrogens with zero attached hydrogens (tertiary/aromatic N) is 1. The quantitative estimate of drug-likeness (QED) is 0.814. The van der Waals surface area contributed by atoms with Gasteiger partial charge in [-0.05, 0) is 17.7 Å². The average molecular weight is 270 g/mol.